The van der Waals surface area contributed by atoms with E-state index in [1.165, 1.54) is 0 Å². The normalized spacial score (nSPS) is 46.4. The first kappa shape index (κ1) is 14.5. The van der Waals surface area contributed by atoms with Gasteiger partial charge in [0.1, 0.15) is 0 Å². The van der Waals surface area contributed by atoms with Gasteiger partial charge in [0.05, 0.1) is 11.7 Å². The zero-order chi connectivity index (χ0) is 14.4. The van der Waals surface area contributed by atoms with Crippen molar-refractivity contribution in [3.05, 3.63) is 12.2 Å². The molecular weight excluding hydrogens is 244 g/mol. The standard InChI is InChI=1S/C15H24O4/c1-9(13(17)18)10-5-8-14(2)6-4-7-15(3,19)12(14)11(10)16/h10-12,16,19H,1,4-8H2,2-3H3,(H,17,18)/t10-,11-,12+,14+,15+/m0/s1. The largest absolute Gasteiger partial charge is 0.478 e. The molecule has 0 aromatic heterocycles. The monoisotopic (exact) mass is 268 g/mol. The maximum absolute atomic E-state index is 11.1. The van der Waals surface area contributed by atoms with E-state index in [0.717, 1.165) is 19.3 Å². The summed E-state index contributed by atoms with van der Waals surface area (Å²) in [7, 11) is 0. The summed E-state index contributed by atoms with van der Waals surface area (Å²) < 4.78 is 0. The van der Waals surface area contributed by atoms with E-state index in [1.54, 1.807) is 6.92 Å². The lowest BCUT2D eigenvalue weighted by molar-refractivity contribution is -0.176. The molecule has 2 rings (SSSR count). The number of hydrogen-bond acceptors (Lipinski definition) is 3. The van der Waals surface area contributed by atoms with Crippen LogP contribution in [-0.4, -0.2) is 33.0 Å². The molecule has 4 nitrogen and oxygen atoms in total. The topological polar surface area (TPSA) is 77.8 Å². The molecule has 108 valence electrons. The number of fused-ring (bicyclic) bond motifs is 1. The molecule has 0 aromatic carbocycles. The second-order valence-corrected chi connectivity index (χ2v) is 6.81. The van der Waals surface area contributed by atoms with Gasteiger partial charge in [0.2, 0.25) is 0 Å². The molecule has 2 aliphatic carbocycles. The summed E-state index contributed by atoms with van der Waals surface area (Å²) in [5.41, 5.74) is -0.962. The highest BCUT2D eigenvalue weighted by Gasteiger charge is 2.56. The Morgan fingerprint density at radius 2 is 1.89 bits per heavy atom. The fraction of sp³-hybridized carbons (Fsp3) is 0.800. The number of carboxylic acids is 1. The molecule has 5 atom stereocenters. The Balaban J connectivity index is 2.31. The van der Waals surface area contributed by atoms with Crippen LogP contribution in [0.1, 0.15) is 46.0 Å². The van der Waals surface area contributed by atoms with Crippen LogP contribution in [0.25, 0.3) is 0 Å². The van der Waals surface area contributed by atoms with Gasteiger partial charge in [-0.25, -0.2) is 4.79 Å². The maximum Gasteiger partial charge on any atom is 0.331 e. The number of aliphatic hydroxyl groups is 2. The third-order valence-electron chi connectivity index (χ3n) is 5.35. The molecule has 0 aliphatic heterocycles. The third-order valence-corrected chi connectivity index (χ3v) is 5.35. The summed E-state index contributed by atoms with van der Waals surface area (Å²) in [5.74, 6) is -1.77. The van der Waals surface area contributed by atoms with E-state index in [4.69, 9.17) is 5.11 Å². The van der Waals surface area contributed by atoms with Gasteiger partial charge >= 0.3 is 5.97 Å². The van der Waals surface area contributed by atoms with Gasteiger partial charge in [-0.15, -0.1) is 0 Å². The van der Waals surface area contributed by atoms with E-state index in [1.807, 2.05) is 0 Å². The quantitative estimate of drug-likeness (QED) is 0.669. The number of aliphatic carboxylic acids is 1. The lowest BCUT2D eigenvalue weighted by atomic mass is 9.52. The van der Waals surface area contributed by atoms with Crippen molar-refractivity contribution in [2.75, 3.05) is 0 Å². The number of carboxylic acid groups (broad SMARTS) is 1. The van der Waals surface area contributed by atoms with Crippen molar-refractivity contribution in [2.45, 2.75) is 57.7 Å². The van der Waals surface area contributed by atoms with Crippen molar-refractivity contribution in [3.63, 3.8) is 0 Å². The predicted molar refractivity (Wildman–Crippen MR) is 71.6 cm³/mol. The molecule has 0 heterocycles. The first-order valence-corrected chi connectivity index (χ1v) is 7.01. The Kier molecular flexibility index (Phi) is 3.52. The Labute approximate surface area is 114 Å². The number of aliphatic hydroxyl groups excluding tert-OH is 1. The van der Waals surface area contributed by atoms with Crippen molar-refractivity contribution in [1.29, 1.82) is 0 Å². The second-order valence-electron chi connectivity index (χ2n) is 6.81. The lowest BCUT2D eigenvalue weighted by Crippen LogP contribution is -2.58. The van der Waals surface area contributed by atoms with Gasteiger partial charge in [0.25, 0.3) is 0 Å². The first-order valence-electron chi connectivity index (χ1n) is 7.01. The van der Waals surface area contributed by atoms with Crippen molar-refractivity contribution >= 4 is 5.97 Å². The Hall–Kier alpha value is -0.870. The van der Waals surface area contributed by atoms with Crippen LogP contribution in [0.4, 0.5) is 0 Å². The molecule has 0 aromatic rings. The number of rotatable bonds is 2. The van der Waals surface area contributed by atoms with Crippen LogP contribution in [0.3, 0.4) is 0 Å². The zero-order valence-electron chi connectivity index (χ0n) is 11.7. The highest BCUT2D eigenvalue weighted by atomic mass is 16.4. The summed E-state index contributed by atoms with van der Waals surface area (Å²) >= 11 is 0. The Morgan fingerprint density at radius 1 is 1.26 bits per heavy atom. The Morgan fingerprint density at radius 3 is 2.47 bits per heavy atom. The highest BCUT2D eigenvalue weighted by Crippen LogP contribution is 2.56. The maximum atomic E-state index is 11.1. The number of carbonyl (C=O) groups is 1. The summed E-state index contributed by atoms with van der Waals surface area (Å²) in [6, 6.07) is 0. The van der Waals surface area contributed by atoms with Gasteiger partial charge in [-0.2, -0.15) is 0 Å². The lowest BCUT2D eigenvalue weighted by Gasteiger charge is -2.56. The van der Waals surface area contributed by atoms with Crippen LogP contribution in [0.15, 0.2) is 12.2 Å². The third kappa shape index (κ3) is 2.32. The van der Waals surface area contributed by atoms with Crippen LogP contribution < -0.4 is 0 Å². The second kappa shape index (κ2) is 4.60. The zero-order valence-corrected chi connectivity index (χ0v) is 11.7. The molecule has 0 spiro atoms. The van der Waals surface area contributed by atoms with E-state index in [9.17, 15) is 15.0 Å². The van der Waals surface area contributed by atoms with Crippen LogP contribution in [0, 0.1) is 17.3 Å². The fourth-order valence-corrected chi connectivity index (χ4v) is 4.40. The molecule has 0 unspecified atom stereocenters. The molecule has 0 radical (unpaired) electrons. The van der Waals surface area contributed by atoms with Gasteiger partial charge in [-0.3, -0.25) is 0 Å². The minimum Gasteiger partial charge on any atom is -0.478 e. The van der Waals surface area contributed by atoms with Crippen molar-refractivity contribution in [1.82, 2.24) is 0 Å². The minimum atomic E-state index is -1.05. The Bertz CT molecular complexity index is 401. The van der Waals surface area contributed by atoms with Gasteiger partial charge in [0, 0.05) is 17.4 Å². The molecular formula is C15H24O4. The summed E-state index contributed by atoms with van der Waals surface area (Å²) in [6.07, 6.45) is 3.25. The molecule has 3 N–H and O–H groups in total. The van der Waals surface area contributed by atoms with Crippen LogP contribution >= 0.6 is 0 Å². The van der Waals surface area contributed by atoms with Crippen molar-refractivity contribution < 1.29 is 20.1 Å². The minimum absolute atomic E-state index is 0.0657. The number of hydrogen-bond donors (Lipinski definition) is 3. The molecule has 0 saturated heterocycles. The van der Waals surface area contributed by atoms with Crippen LogP contribution in [0.5, 0.6) is 0 Å². The molecule has 19 heavy (non-hydrogen) atoms. The highest BCUT2D eigenvalue weighted by molar-refractivity contribution is 5.86. The fourth-order valence-electron chi connectivity index (χ4n) is 4.40. The summed E-state index contributed by atoms with van der Waals surface area (Å²) in [4.78, 5) is 11.1. The molecule has 2 fully saturated rings. The van der Waals surface area contributed by atoms with Crippen LogP contribution in [-0.2, 0) is 4.79 Å². The van der Waals surface area contributed by atoms with E-state index in [-0.39, 0.29) is 16.9 Å². The van der Waals surface area contributed by atoms with Gasteiger partial charge in [-0.05, 0) is 38.0 Å². The summed E-state index contributed by atoms with van der Waals surface area (Å²) in [6.45, 7) is 7.47. The average molecular weight is 268 g/mol. The molecule has 4 heteroatoms. The van der Waals surface area contributed by atoms with Gasteiger partial charge in [0.15, 0.2) is 0 Å². The van der Waals surface area contributed by atoms with E-state index < -0.39 is 23.6 Å². The molecule has 0 bridgehead atoms. The SMILES string of the molecule is C=C(C(=O)O)[C@@H]1CC[C@@]2(C)CCC[C@@](C)(O)[C@@H]2[C@H]1O. The average Bonchev–Trinajstić information content (AvgIpc) is 2.26. The molecule has 2 aliphatic rings. The van der Waals surface area contributed by atoms with Crippen molar-refractivity contribution in [2.24, 2.45) is 17.3 Å². The first-order chi connectivity index (χ1) is 8.69. The van der Waals surface area contributed by atoms with E-state index >= 15 is 0 Å². The van der Waals surface area contributed by atoms with Gasteiger partial charge < -0.3 is 15.3 Å². The smallest absolute Gasteiger partial charge is 0.331 e. The van der Waals surface area contributed by atoms with Crippen LogP contribution in [0.2, 0.25) is 0 Å². The van der Waals surface area contributed by atoms with Crippen molar-refractivity contribution in [3.8, 4) is 0 Å². The molecule has 0 amide bonds. The summed E-state index contributed by atoms with van der Waals surface area (Å²) in [5, 5.41) is 30.3. The molecule has 2 saturated carbocycles. The van der Waals surface area contributed by atoms with Gasteiger partial charge in [-0.1, -0.05) is 19.9 Å². The van der Waals surface area contributed by atoms with E-state index in [2.05, 4.69) is 13.5 Å². The predicted octanol–water partition coefficient (Wildman–Crippen LogP) is 1.96. The van der Waals surface area contributed by atoms with E-state index in [0.29, 0.717) is 12.8 Å².